The van der Waals surface area contributed by atoms with Crippen molar-refractivity contribution in [1.82, 2.24) is 14.8 Å². The third kappa shape index (κ3) is 3.67. The van der Waals surface area contributed by atoms with E-state index in [1.54, 1.807) is 37.3 Å². The number of carbonyl (C=O) groups excluding carboxylic acids is 3. The number of nitrogens with one attached hydrogen (secondary N) is 1. The molecule has 1 unspecified atom stereocenters. The molecule has 1 N–H and O–H groups in total. The molecular weight excluding hydrogens is 428 g/mol. The van der Waals surface area contributed by atoms with Crippen LogP contribution in [-0.4, -0.2) is 33.7 Å². The maximum absolute atomic E-state index is 13.2. The molecule has 34 heavy (non-hydrogen) atoms. The maximum Gasteiger partial charge on any atom is 0.325 e. The summed E-state index contributed by atoms with van der Waals surface area (Å²) >= 11 is 0. The van der Waals surface area contributed by atoms with E-state index in [0.717, 1.165) is 27.5 Å². The van der Waals surface area contributed by atoms with E-state index in [9.17, 15) is 14.4 Å². The number of Topliss-reactive ketones (excluding diaryl/α,β-unsaturated/α-hetero) is 1. The molecule has 7 nitrogen and oxygen atoms in total. The van der Waals surface area contributed by atoms with E-state index in [1.165, 1.54) is 5.56 Å². The molecule has 1 fully saturated rings. The number of hydrogen-bond acceptors (Lipinski definition) is 4. The quantitative estimate of drug-likeness (QED) is 0.461. The van der Waals surface area contributed by atoms with Crippen LogP contribution in [0.5, 0.6) is 0 Å². The fourth-order valence-corrected chi connectivity index (χ4v) is 4.45. The van der Waals surface area contributed by atoms with Crippen LogP contribution in [0, 0.1) is 39.0 Å². The van der Waals surface area contributed by atoms with Crippen LogP contribution >= 0.6 is 0 Å². The summed E-state index contributed by atoms with van der Waals surface area (Å²) in [6, 6.07) is 15.8. The summed E-state index contributed by atoms with van der Waals surface area (Å²) in [6.07, 6.45) is 0. The van der Waals surface area contributed by atoms with Crippen LogP contribution in [0.3, 0.4) is 0 Å². The Balaban J connectivity index is 1.60. The van der Waals surface area contributed by atoms with Gasteiger partial charge in [-0.05, 0) is 81.6 Å². The van der Waals surface area contributed by atoms with E-state index in [4.69, 9.17) is 5.26 Å². The Bertz CT molecular complexity index is 1380. The Morgan fingerprint density at radius 3 is 2.29 bits per heavy atom. The van der Waals surface area contributed by atoms with Gasteiger partial charge in [0, 0.05) is 22.6 Å². The number of rotatable bonds is 5. The van der Waals surface area contributed by atoms with Gasteiger partial charge in [-0.25, -0.2) is 4.79 Å². The second-order valence-corrected chi connectivity index (χ2v) is 8.95. The lowest BCUT2D eigenvalue weighted by atomic mass is 9.91. The van der Waals surface area contributed by atoms with E-state index in [1.807, 2.05) is 50.5 Å². The van der Waals surface area contributed by atoms with Gasteiger partial charge in [-0.1, -0.05) is 18.2 Å². The summed E-state index contributed by atoms with van der Waals surface area (Å²) in [4.78, 5) is 40.1. The fraction of sp³-hybridized carbons (Fsp3) is 0.259. The normalized spacial score (nSPS) is 17.6. The minimum absolute atomic E-state index is 0.309. The number of aryl methyl sites for hydroxylation is 3. The number of urea groups is 1. The van der Waals surface area contributed by atoms with Gasteiger partial charge < -0.3 is 9.88 Å². The third-order valence-corrected chi connectivity index (χ3v) is 6.65. The van der Waals surface area contributed by atoms with E-state index in [-0.39, 0.29) is 12.3 Å². The van der Waals surface area contributed by atoms with Crippen molar-refractivity contribution in [3.05, 3.63) is 87.7 Å². The molecule has 1 aliphatic heterocycles. The first kappa shape index (κ1) is 23.0. The lowest BCUT2D eigenvalue weighted by molar-refractivity contribution is -0.130. The minimum atomic E-state index is -1.30. The van der Waals surface area contributed by atoms with Gasteiger partial charge in [0.25, 0.3) is 5.91 Å². The van der Waals surface area contributed by atoms with Gasteiger partial charge >= 0.3 is 6.03 Å². The van der Waals surface area contributed by atoms with Crippen molar-refractivity contribution in [3.63, 3.8) is 0 Å². The van der Waals surface area contributed by atoms with Crippen molar-refractivity contribution in [2.24, 2.45) is 0 Å². The third-order valence-electron chi connectivity index (χ3n) is 6.65. The topological polar surface area (TPSA) is 95.2 Å². The fourth-order valence-electron chi connectivity index (χ4n) is 4.45. The summed E-state index contributed by atoms with van der Waals surface area (Å²) in [5.41, 5.74) is 5.12. The van der Waals surface area contributed by atoms with Crippen LogP contribution in [0.4, 0.5) is 4.79 Å². The van der Waals surface area contributed by atoms with Gasteiger partial charge in [0.05, 0.1) is 18.2 Å². The van der Waals surface area contributed by atoms with E-state index < -0.39 is 17.5 Å². The molecule has 7 heteroatoms. The molecule has 0 aliphatic carbocycles. The number of aromatic nitrogens is 1. The predicted molar refractivity (Wildman–Crippen MR) is 128 cm³/mol. The molecule has 0 radical (unpaired) electrons. The number of hydrogen-bond donors (Lipinski definition) is 1. The summed E-state index contributed by atoms with van der Waals surface area (Å²) < 4.78 is 2.01. The Morgan fingerprint density at radius 1 is 1.00 bits per heavy atom. The lowest BCUT2D eigenvalue weighted by Crippen LogP contribution is -2.41. The zero-order valence-corrected chi connectivity index (χ0v) is 19.9. The van der Waals surface area contributed by atoms with Crippen LogP contribution in [0.15, 0.2) is 48.5 Å². The first-order valence-electron chi connectivity index (χ1n) is 11.0. The van der Waals surface area contributed by atoms with E-state index in [2.05, 4.69) is 11.4 Å². The Morgan fingerprint density at radius 2 is 1.68 bits per heavy atom. The van der Waals surface area contributed by atoms with Crippen molar-refractivity contribution in [1.29, 1.82) is 5.26 Å². The predicted octanol–water partition coefficient (Wildman–Crippen LogP) is 4.23. The average molecular weight is 455 g/mol. The number of benzene rings is 2. The zero-order valence-electron chi connectivity index (χ0n) is 19.9. The van der Waals surface area contributed by atoms with Crippen molar-refractivity contribution >= 4 is 17.7 Å². The van der Waals surface area contributed by atoms with Crippen molar-refractivity contribution in [2.45, 2.75) is 40.2 Å². The highest BCUT2D eigenvalue weighted by molar-refractivity contribution is 6.11. The van der Waals surface area contributed by atoms with Gasteiger partial charge in [-0.2, -0.15) is 5.26 Å². The monoisotopic (exact) mass is 454 g/mol. The summed E-state index contributed by atoms with van der Waals surface area (Å²) in [5, 5.41) is 11.7. The number of carbonyl (C=O) groups is 3. The van der Waals surface area contributed by atoms with Crippen molar-refractivity contribution in [3.8, 4) is 11.8 Å². The van der Waals surface area contributed by atoms with Gasteiger partial charge in [0.15, 0.2) is 5.78 Å². The molecule has 1 aromatic heterocycles. The van der Waals surface area contributed by atoms with E-state index in [0.29, 0.717) is 16.7 Å². The largest absolute Gasteiger partial charge is 0.325 e. The van der Waals surface area contributed by atoms with Gasteiger partial charge in [0.2, 0.25) is 0 Å². The number of nitrogens with zero attached hydrogens (tertiary/aromatic N) is 3. The number of nitriles is 1. The van der Waals surface area contributed by atoms with Gasteiger partial charge in [-0.15, -0.1) is 0 Å². The molecule has 172 valence electrons. The van der Waals surface area contributed by atoms with Gasteiger partial charge in [-0.3, -0.25) is 14.5 Å². The SMILES string of the molecule is Cc1ccc(-n2c(C)cc(C(=O)CN3C(=O)NC(C)(c4ccc(C#N)cc4)C3=O)c2C)cc1C. The minimum Gasteiger partial charge on any atom is -0.319 e. The first-order chi connectivity index (χ1) is 16.1. The molecule has 0 bridgehead atoms. The number of imide groups is 1. The van der Waals surface area contributed by atoms with Crippen LogP contribution in [-0.2, 0) is 10.3 Å². The summed E-state index contributed by atoms with van der Waals surface area (Å²) in [7, 11) is 0. The maximum atomic E-state index is 13.2. The highest BCUT2D eigenvalue weighted by atomic mass is 16.2. The molecule has 0 spiro atoms. The van der Waals surface area contributed by atoms with Crippen LogP contribution in [0.1, 0.15) is 50.9 Å². The molecule has 2 heterocycles. The smallest absolute Gasteiger partial charge is 0.319 e. The van der Waals surface area contributed by atoms with E-state index >= 15 is 0 Å². The molecule has 1 aliphatic rings. The van der Waals surface area contributed by atoms with Gasteiger partial charge in [0.1, 0.15) is 5.54 Å². The average Bonchev–Trinajstić information content (AvgIpc) is 3.23. The highest BCUT2D eigenvalue weighted by Gasteiger charge is 2.49. The van der Waals surface area contributed by atoms with Crippen LogP contribution in [0.2, 0.25) is 0 Å². The van der Waals surface area contributed by atoms with Crippen molar-refractivity contribution in [2.75, 3.05) is 6.54 Å². The van der Waals surface area contributed by atoms with Crippen molar-refractivity contribution < 1.29 is 14.4 Å². The molecule has 1 atom stereocenters. The number of amides is 3. The Kier molecular flexibility index (Phi) is 5.62. The first-order valence-corrected chi connectivity index (χ1v) is 11.0. The highest BCUT2D eigenvalue weighted by Crippen LogP contribution is 2.30. The lowest BCUT2D eigenvalue weighted by Gasteiger charge is -2.22. The Hall–Kier alpha value is -4.18. The second kappa shape index (κ2) is 8.31. The molecule has 3 amide bonds. The molecule has 1 saturated heterocycles. The number of ketones is 1. The molecule has 0 saturated carbocycles. The second-order valence-electron chi connectivity index (χ2n) is 8.95. The van der Waals surface area contributed by atoms with Crippen LogP contribution < -0.4 is 5.32 Å². The molecule has 3 aromatic rings. The Labute approximate surface area is 198 Å². The molecule has 2 aromatic carbocycles. The standard InChI is InChI=1S/C27H26N4O3/c1-16-6-11-22(12-17(16)2)31-18(3)13-23(19(31)4)24(32)15-30-25(33)27(5,29-26(30)34)21-9-7-20(14-28)8-10-21/h6-13H,15H2,1-5H3,(H,29,34). The summed E-state index contributed by atoms with van der Waals surface area (Å²) in [6.45, 7) is 9.13. The zero-order chi connectivity index (χ0) is 24.8. The summed E-state index contributed by atoms with van der Waals surface area (Å²) in [5.74, 6) is -0.811. The molecular formula is C27H26N4O3. The van der Waals surface area contributed by atoms with Crippen LogP contribution in [0.25, 0.3) is 5.69 Å². The molecule has 4 rings (SSSR count).